The minimum absolute atomic E-state index is 0.0331. The Morgan fingerprint density at radius 3 is 2.76 bits per heavy atom. The zero-order valence-electron chi connectivity index (χ0n) is 12.4. The molecular formula is C16H22N2O2S. The van der Waals surface area contributed by atoms with E-state index in [0.717, 1.165) is 19.5 Å². The summed E-state index contributed by atoms with van der Waals surface area (Å²) in [5.41, 5.74) is 2.72. The molecule has 2 atom stereocenters. The summed E-state index contributed by atoms with van der Waals surface area (Å²) in [4.78, 5) is 12.6. The number of piperidine rings is 1. The van der Waals surface area contributed by atoms with Crippen LogP contribution in [0.4, 0.5) is 0 Å². The third-order valence-corrected chi connectivity index (χ3v) is 6.54. The van der Waals surface area contributed by atoms with E-state index in [1.54, 1.807) is 6.26 Å². The van der Waals surface area contributed by atoms with E-state index in [1.165, 1.54) is 11.1 Å². The van der Waals surface area contributed by atoms with Crippen molar-refractivity contribution in [2.45, 2.75) is 29.9 Å². The quantitative estimate of drug-likeness (QED) is 0.870. The van der Waals surface area contributed by atoms with Gasteiger partial charge in [0.05, 0.1) is 0 Å². The molecule has 1 aromatic rings. The van der Waals surface area contributed by atoms with Crippen LogP contribution in [0.1, 0.15) is 29.9 Å². The van der Waals surface area contributed by atoms with E-state index in [-0.39, 0.29) is 5.91 Å². The molecule has 1 amide bonds. The highest BCUT2D eigenvalue weighted by Crippen LogP contribution is 2.34. The van der Waals surface area contributed by atoms with Crippen LogP contribution in [-0.4, -0.2) is 40.8 Å². The van der Waals surface area contributed by atoms with Gasteiger partial charge in [-0.25, -0.2) is 0 Å². The number of carbonyl (C=O) groups excluding carboxylic acids is 1. The second-order valence-electron chi connectivity index (χ2n) is 6.01. The highest BCUT2D eigenvalue weighted by Gasteiger charge is 2.43. The van der Waals surface area contributed by atoms with E-state index >= 15 is 0 Å². The average molecular weight is 306 g/mol. The Balaban J connectivity index is 1.63. The molecule has 1 heterocycles. The minimum Gasteiger partial charge on any atom is -0.354 e. The molecule has 0 saturated carbocycles. The first-order valence-corrected chi connectivity index (χ1v) is 9.10. The Morgan fingerprint density at radius 1 is 1.38 bits per heavy atom. The molecule has 0 radical (unpaired) electrons. The van der Waals surface area contributed by atoms with Gasteiger partial charge in [0.25, 0.3) is 0 Å². The van der Waals surface area contributed by atoms with Gasteiger partial charge in [0.2, 0.25) is 5.91 Å². The van der Waals surface area contributed by atoms with E-state index in [2.05, 4.69) is 28.8 Å². The lowest BCUT2D eigenvalue weighted by Crippen LogP contribution is -2.56. The molecule has 1 aliphatic carbocycles. The fourth-order valence-electron chi connectivity index (χ4n) is 3.40. The molecule has 0 aromatic heterocycles. The number of rotatable bonds is 4. The Labute approximate surface area is 128 Å². The fraction of sp³-hybridized carbons (Fsp3) is 0.562. The van der Waals surface area contributed by atoms with Gasteiger partial charge in [-0.3, -0.25) is 9.00 Å². The van der Waals surface area contributed by atoms with Gasteiger partial charge in [-0.1, -0.05) is 24.3 Å². The van der Waals surface area contributed by atoms with Gasteiger partial charge >= 0.3 is 0 Å². The van der Waals surface area contributed by atoms with Crippen LogP contribution in [-0.2, 0) is 22.0 Å². The molecule has 1 fully saturated rings. The molecule has 0 bridgehead atoms. The lowest BCUT2D eigenvalue weighted by atomic mass is 9.77. The molecule has 3 rings (SSSR count). The average Bonchev–Trinajstić information content (AvgIpc) is 2.48. The van der Waals surface area contributed by atoms with Gasteiger partial charge in [0.15, 0.2) is 0 Å². The summed E-state index contributed by atoms with van der Waals surface area (Å²) in [6, 6.07) is 8.37. The summed E-state index contributed by atoms with van der Waals surface area (Å²) in [6.07, 6.45) is 4.00. The molecule has 114 valence electrons. The second kappa shape index (κ2) is 5.89. The smallest absolute Gasteiger partial charge is 0.238 e. The van der Waals surface area contributed by atoms with Crippen molar-refractivity contribution in [1.29, 1.82) is 0 Å². The topological polar surface area (TPSA) is 58.2 Å². The fourth-order valence-corrected chi connectivity index (χ4v) is 4.51. The van der Waals surface area contributed by atoms with Gasteiger partial charge in [-0.05, 0) is 43.5 Å². The molecular weight excluding hydrogens is 284 g/mol. The second-order valence-corrected chi connectivity index (χ2v) is 7.70. The molecule has 1 aromatic carbocycles. The number of benzene rings is 1. The van der Waals surface area contributed by atoms with Crippen molar-refractivity contribution in [2.24, 2.45) is 0 Å². The molecule has 2 aliphatic rings. The lowest BCUT2D eigenvalue weighted by molar-refractivity contribution is -0.124. The van der Waals surface area contributed by atoms with Crippen molar-refractivity contribution < 1.29 is 9.00 Å². The first-order chi connectivity index (χ1) is 10.1. The van der Waals surface area contributed by atoms with Crippen LogP contribution in [0.25, 0.3) is 0 Å². The normalized spacial score (nSPS) is 24.5. The Kier molecular flexibility index (Phi) is 4.13. The minimum atomic E-state index is -1.14. The van der Waals surface area contributed by atoms with Gasteiger partial charge in [-0.15, -0.1) is 0 Å². The van der Waals surface area contributed by atoms with Gasteiger partial charge < -0.3 is 10.6 Å². The van der Waals surface area contributed by atoms with Crippen molar-refractivity contribution >= 4 is 16.7 Å². The first-order valence-electron chi connectivity index (χ1n) is 7.54. The molecule has 0 spiro atoms. The van der Waals surface area contributed by atoms with Crippen molar-refractivity contribution in [2.75, 3.05) is 25.9 Å². The number of carbonyl (C=O) groups is 1. The summed E-state index contributed by atoms with van der Waals surface area (Å²) >= 11 is 0. The maximum atomic E-state index is 12.6. The molecule has 2 unspecified atom stereocenters. The van der Waals surface area contributed by atoms with E-state index in [4.69, 9.17) is 0 Å². The molecule has 2 N–H and O–H groups in total. The van der Waals surface area contributed by atoms with E-state index in [9.17, 15) is 9.00 Å². The maximum Gasteiger partial charge on any atom is 0.238 e. The van der Waals surface area contributed by atoms with Crippen molar-refractivity contribution in [3.05, 3.63) is 35.4 Å². The van der Waals surface area contributed by atoms with Crippen molar-refractivity contribution in [3.8, 4) is 0 Å². The van der Waals surface area contributed by atoms with E-state index < -0.39 is 15.5 Å². The van der Waals surface area contributed by atoms with Crippen molar-refractivity contribution in [1.82, 2.24) is 10.6 Å². The number of nitrogens with one attached hydrogen (secondary N) is 2. The van der Waals surface area contributed by atoms with Crippen LogP contribution < -0.4 is 10.6 Å². The highest BCUT2D eigenvalue weighted by molar-refractivity contribution is 7.86. The summed E-state index contributed by atoms with van der Waals surface area (Å²) in [5, 5.41) is 6.29. The zero-order valence-corrected chi connectivity index (χ0v) is 13.2. The third kappa shape index (κ3) is 2.64. The number of hydrogen-bond acceptors (Lipinski definition) is 3. The Morgan fingerprint density at radius 2 is 2.10 bits per heavy atom. The molecule has 4 nitrogen and oxygen atoms in total. The largest absolute Gasteiger partial charge is 0.354 e. The van der Waals surface area contributed by atoms with Crippen LogP contribution in [0.5, 0.6) is 0 Å². The van der Waals surface area contributed by atoms with Crippen LogP contribution in [0, 0.1) is 0 Å². The number of fused-ring (bicyclic) bond motifs is 1. The molecule has 1 saturated heterocycles. The summed E-state index contributed by atoms with van der Waals surface area (Å²) in [6.45, 7) is 2.18. The Bertz CT molecular complexity index is 567. The van der Waals surface area contributed by atoms with Gasteiger partial charge in [0, 0.05) is 29.5 Å². The number of amides is 1. The maximum absolute atomic E-state index is 12.6. The van der Waals surface area contributed by atoms with Crippen LogP contribution >= 0.6 is 0 Å². The van der Waals surface area contributed by atoms with Crippen LogP contribution in [0.2, 0.25) is 0 Å². The molecule has 21 heavy (non-hydrogen) atoms. The molecule has 1 aliphatic heterocycles. The SMILES string of the molecule is CS(=O)C1(C(=O)NCC2Cc3ccccc32)CCNCC1. The third-order valence-electron chi connectivity index (χ3n) is 4.85. The highest BCUT2D eigenvalue weighted by atomic mass is 32.2. The van der Waals surface area contributed by atoms with Gasteiger partial charge in [0.1, 0.15) is 4.75 Å². The standard InChI is InChI=1S/C16H22N2O2S/c1-21(20)16(6-8-17-9-7-16)15(19)18-11-13-10-12-4-2-3-5-14(12)13/h2-5,13,17H,6-11H2,1H3,(H,18,19). The van der Waals surface area contributed by atoms with E-state index in [0.29, 0.717) is 25.3 Å². The number of hydrogen-bond donors (Lipinski definition) is 2. The summed E-state index contributed by atoms with van der Waals surface area (Å²) < 4.78 is 11.4. The van der Waals surface area contributed by atoms with Crippen LogP contribution in [0.3, 0.4) is 0 Å². The Hall–Kier alpha value is -1.20. The van der Waals surface area contributed by atoms with Crippen LogP contribution in [0.15, 0.2) is 24.3 Å². The monoisotopic (exact) mass is 306 g/mol. The van der Waals surface area contributed by atoms with Gasteiger partial charge in [-0.2, -0.15) is 0 Å². The summed E-state index contributed by atoms with van der Waals surface area (Å²) in [7, 11) is -1.14. The zero-order chi connectivity index (χ0) is 14.9. The lowest BCUT2D eigenvalue weighted by Gasteiger charge is -2.36. The van der Waals surface area contributed by atoms with E-state index in [1.807, 2.05) is 6.07 Å². The predicted molar refractivity (Wildman–Crippen MR) is 84.8 cm³/mol. The first kappa shape index (κ1) is 14.7. The summed E-state index contributed by atoms with van der Waals surface area (Å²) in [5.74, 6) is 0.378. The predicted octanol–water partition coefficient (Wildman–Crippen LogP) is 0.943. The van der Waals surface area contributed by atoms with Crippen molar-refractivity contribution in [3.63, 3.8) is 0 Å². The molecule has 5 heteroatoms.